The summed E-state index contributed by atoms with van der Waals surface area (Å²) in [5, 5.41) is 7.38. The van der Waals surface area contributed by atoms with E-state index in [1.54, 1.807) is 4.68 Å². The van der Waals surface area contributed by atoms with Crippen molar-refractivity contribution >= 4 is 11.6 Å². The van der Waals surface area contributed by atoms with Crippen molar-refractivity contribution in [3.05, 3.63) is 46.8 Å². The molecule has 0 spiro atoms. The van der Waals surface area contributed by atoms with Crippen LogP contribution in [0.3, 0.4) is 0 Å². The molecular formula is C18H26N4O. The Bertz CT molecular complexity index is 703. The monoisotopic (exact) mass is 314 g/mol. The molecule has 23 heavy (non-hydrogen) atoms. The van der Waals surface area contributed by atoms with Crippen LogP contribution in [0.1, 0.15) is 35.5 Å². The second-order valence-corrected chi connectivity index (χ2v) is 6.28. The number of nitrogens with one attached hydrogen (secondary N) is 1. The van der Waals surface area contributed by atoms with Crippen LogP contribution < -0.4 is 10.2 Å². The van der Waals surface area contributed by atoms with Crippen LogP contribution in [-0.4, -0.2) is 29.8 Å². The zero-order chi connectivity index (χ0) is 17.1. The lowest BCUT2D eigenvalue weighted by molar-refractivity contribution is -0.124. The van der Waals surface area contributed by atoms with Crippen LogP contribution in [0.2, 0.25) is 0 Å². The fourth-order valence-electron chi connectivity index (χ4n) is 2.82. The summed E-state index contributed by atoms with van der Waals surface area (Å²) in [7, 11) is 4.06. The van der Waals surface area contributed by atoms with Crippen LogP contribution in [0.15, 0.2) is 24.3 Å². The molecule has 0 saturated carbocycles. The highest BCUT2D eigenvalue weighted by atomic mass is 16.2. The lowest BCUT2D eigenvalue weighted by Crippen LogP contribution is -2.31. The molecule has 124 valence electrons. The molecule has 0 bridgehead atoms. The van der Waals surface area contributed by atoms with Crippen molar-refractivity contribution < 1.29 is 4.79 Å². The van der Waals surface area contributed by atoms with Gasteiger partial charge in [-0.15, -0.1) is 0 Å². The zero-order valence-corrected chi connectivity index (χ0v) is 14.8. The molecule has 0 radical (unpaired) electrons. The predicted molar refractivity (Wildman–Crippen MR) is 93.8 cm³/mol. The van der Waals surface area contributed by atoms with Crippen molar-refractivity contribution in [3.8, 4) is 0 Å². The summed E-state index contributed by atoms with van der Waals surface area (Å²) in [5.74, 6) is -0.0226. The van der Waals surface area contributed by atoms with E-state index in [4.69, 9.17) is 0 Å². The molecule has 1 unspecified atom stereocenters. The van der Waals surface area contributed by atoms with Gasteiger partial charge in [0.25, 0.3) is 0 Å². The number of aryl methyl sites for hydroxylation is 3. The molecule has 0 aliphatic heterocycles. The Labute approximate surface area is 138 Å². The molecule has 1 heterocycles. The van der Waals surface area contributed by atoms with Gasteiger partial charge in [0.2, 0.25) is 5.91 Å². The molecule has 1 amide bonds. The highest BCUT2D eigenvalue weighted by Crippen LogP contribution is 2.19. The normalized spacial score (nSPS) is 12.1. The van der Waals surface area contributed by atoms with Gasteiger partial charge >= 0.3 is 0 Å². The average molecular weight is 314 g/mol. The molecular weight excluding hydrogens is 288 g/mol. The number of anilines is 1. The fourth-order valence-corrected chi connectivity index (χ4v) is 2.82. The molecule has 1 N–H and O–H groups in total. The minimum absolute atomic E-state index is 0.0226. The zero-order valence-electron chi connectivity index (χ0n) is 14.8. The van der Waals surface area contributed by atoms with Gasteiger partial charge in [0.1, 0.15) is 6.04 Å². The van der Waals surface area contributed by atoms with E-state index >= 15 is 0 Å². The van der Waals surface area contributed by atoms with E-state index in [0.29, 0.717) is 6.54 Å². The molecule has 0 aliphatic rings. The molecule has 0 saturated heterocycles. The number of carbonyl (C=O) groups excluding carboxylic acids is 1. The third-order valence-electron chi connectivity index (χ3n) is 4.00. The van der Waals surface area contributed by atoms with E-state index in [1.165, 1.54) is 11.3 Å². The second kappa shape index (κ2) is 6.86. The first kappa shape index (κ1) is 17.1. The molecule has 1 aromatic heterocycles. The van der Waals surface area contributed by atoms with Gasteiger partial charge in [-0.3, -0.25) is 9.48 Å². The van der Waals surface area contributed by atoms with Gasteiger partial charge < -0.3 is 10.2 Å². The number of rotatable bonds is 5. The standard InChI is InChI=1S/C18H26N4O/c1-12-9-16(7-8-17(12)21(5)6)11-19-18(23)15(4)22-14(3)10-13(2)20-22/h7-10,15H,11H2,1-6H3,(H,19,23). The van der Waals surface area contributed by atoms with Gasteiger partial charge in [-0.25, -0.2) is 0 Å². The van der Waals surface area contributed by atoms with Crippen LogP contribution in [0.5, 0.6) is 0 Å². The fraction of sp³-hybridized carbons (Fsp3) is 0.444. The number of hydrogen-bond donors (Lipinski definition) is 1. The van der Waals surface area contributed by atoms with Crippen LogP contribution in [0.25, 0.3) is 0 Å². The highest BCUT2D eigenvalue weighted by molar-refractivity contribution is 5.79. The van der Waals surface area contributed by atoms with E-state index in [1.807, 2.05) is 40.9 Å². The van der Waals surface area contributed by atoms with Gasteiger partial charge in [-0.05, 0) is 51.0 Å². The Morgan fingerprint density at radius 3 is 2.48 bits per heavy atom. The highest BCUT2D eigenvalue weighted by Gasteiger charge is 2.17. The maximum atomic E-state index is 12.4. The summed E-state index contributed by atoms with van der Waals surface area (Å²) in [6.45, 7) is 8.38. The van der Waals surface area contributed by atoms with Gasteiger partial charge in [-0.1, -0.05) is 12.1 Å². The van der Waals surface area contributed by atoms with Gasteiger partial charge in [0, 0.05) is 32.0 Å². The van der Waals surface area contributed by atoms with Crippen molar-refractivity contribution in [2.45, 2.75) is 40.3 Å². The lowest BCUT2D eigenvalue weighted by Gasteiger charge is -2.17. The first-order chi connectivity index (χ1) is 10.8. The van der Waals surface area contributed by atoms with Crippen LogP contribution >= 0.6 is 0 Å². The third kappa shape index (κ3) is 3.92. The molecule has 5 nitrogen and oxygen atoms in total. The third-order valence-corrected chi connectivity index (χ3v) is 4.00. The van der Waals surface area contributed by atoms with Crippen molar-refractivity contribution in [1.29, 1.82) is 0 Å². The molecule has 1 atom stereocenters. The SMILES string of the molecule is Cc1cc(C)n(C(C)C(=O)NCc2ccc(N(C)C)c(C)c2)n1. The molecule has 2 aromatic rings. The predicted octanol–water partition coefficient (Wildman–Crippen LogP) is 2.75. The smallest absolute Gasteiger partial charge is 0.244 e. The molecule has 0 aliphatic carbocycles. The first-order valence-corrected chi connectivity index (χ1v) is 7.87. The summed E-state index contributed by atoms with van der Waals surface area (Å²) in [4.78, 5) is 14.4. The second-order valence-electron chi connectivity index (χ2n) is 6.28. The quantitative estimate of drug-likeness (QED) is 0.923. The molecule has 5 heteroatoms. The lowest BCUT2D eigenvalue weighted by atomic mass is 10.1. The van der Waals surface area contributed by atoms with E-state index < -0.39 is 0 Å². The van der Waals surface area contributed by atoms with E-state index in [0.717, 1.165) is 17.0 Å². The van der Waals surface area contributed by atoms with E-state index in [-0.39, 0.29) is 11.9 Å². The minimum atomic E-state index is -0.314. The van der Waals surface area contributed by atoms with E-state index in [2.05, 4.69) is 40.4 Å². The largest absolute Gasteiger partial charge is 0.377 e. The summed E-state index contributed by atoms with van der Waals surface area (Å²) < 4.78 is 1.77. The molecule has 2 rings (SSSR count). The maximum absolute atomic E-state index is 12.4. The van der Waals surface area contributed by atoms with Gasteiger partial charge in [-0.2, -0.15) is 5.10 Å². The average Bonchev–Trinajstić information content (AvgIpc) is 2.82. The van der Waals surface area contributed by atoms with Gasteiger partial charge in [0.15, 0.2) is 0 Å². The molecule has 0 fully saturated rings. The van der Waals surface area contributed by atoms with Crippen molar-refractivity contribution in [2.75, 3.05) is 19.0 Å². The summed E-state index contributed by atoms with van der Waals surface area (Å²) in [6.07, 6.45) is 0. The minimum Gasteiger partial charge on any atom is -0.377 e. The number of benzene rings is 1. The number of aromatic nitrogens is 2. The Hall–Kier alpha value is -2.30. The first-order valence-electron chi connectivity index (χ1n) is 7.87. The van der Waals surface area contributed by atoms with Crippen molar-refractivity contribution in [3.63, 3.8) is 0 Å². The van der Waals surface area contributed by atoms with Crippen molar-refractivity contribution in [2.24, 2.45) is 0 Å². The Balaban J connectivity index is 2.01. The number of carbonyl (C=O) groups is 1. The number of amides is 1. The summed E-state index contributed by atoms with van der Waals surface area (Å²) in [6, 6.07) is 7.92. The summed E-state index contributed by atoms with van der Waals surface area (Å²) in [5.41, 5.74) is 5.42. The maximum Gasteiger partial charge on any atom is 0.244 e. The Morgan fingerprint density at radius 1 is 1.26 bits per heavy atom. The number of nitrogens with zero attached hydrogens (tertiary/aromatic N) is 3. The van der Waals surface area contributed by atoms with Crippen molar-refractivity contribution in [1.82, 2.24) is 15.1 Å². The summed E-state index contributed by atoms with van der Waals surface area (Å²) >= 11 is 0. The topological polar surface area (TPSA) is 50.2 Å². The Morgan fingerprint density at radius 2 is 1.96 bits per heavy atom. The van der Waals surface area contributed by atoms with Crippen LogP contribution in [-0.2, 0) is 11.3 Å². The Kier molecular flexibility index (Phi) is 5.08. The molecule has 1 aromatic carbocycles. The van der Waals surface area contributed by atoms with Crippen LogP contribution in [0.4, 0.5) is 5.69 Å². The van der Waals surface area contributed by atoms with Gasteiger partial charge in [0.05, 0.1) is 5.69 Å². The number of hydrogen-bond acceptors (Lipinski definition) is 3. The van der Waals surface area contributed by atoms with E-state index in [9.17, 15) is 4.79 Å². The van der Waals surface area contributed by atoms with Crippen LogP contribution in [0, 0.1) is 20.8 Å².